The van der Waals surface area contributed by atoms with Crippen molar-refractivity contribution in [2.24, 2.45) is 5.92 Å². The number of anilines is 1. The molecule has 2 aromatic rings. The van der Waals surface area contributed by atoms with Crippen LogP contribution in [0.4, 0.5) is 18.9 Å². The Morgan fingerprint density at radius 2 is 1.86 bits per heavy atom. The van der Waals surface area contributed by atoms with E-state index in [1.54, 1.807) is 6.07 Å². The molecule has 1 amide bonds. The van der Waals surface area contributed by atoms with Crippen LogP contribution < -0.4 is 14.8 Å². The number of nitrogens with one attached hydrogen (secondary N) is 1. The summed E-state index contributed by atoms with van der Waals surface area (Å²) in [5, 5.41) is 11.6. The molecule has 0 aromatic heterocycles. The number of carboxylic acid groups (broad SMARTS) is 1. The van der Waals surface area contributed by atoms with Gasteiger partial charge in [-0.05, 0) is 42.2 Å². The summed E-state index contributed by atoms with van der Waals surface area (Å²) in [5.41, 5.74) is 0.591. The summed E-state index contributed by atoms with van der Waals surface area (Å²) >= 11 is 0. The highest BCUT2D eigenvalue weighted by Crippen LogP contribution is 2.51. The van der Waals surface area contributed by atoms with Crippen LogP contribution in [0.2, 0.25) is 0 Å². The van der Waals surface area contributed by atoms with Crippen molar-refractivity contribution in [1.29, 1.82) is 0 Å². The number of carbonyl (C=O) groups is 2. The van der Waals surface area contributed by atoms with Gasteiger partial charge in [-0.3, -0.25) is 4.79 Å². The van der Waals surface area contributed by atoms with E-state index < -0.39 is 30.1 Å². The van der Waals surface area contributed by atoms with Crippen molar-refractivity contribution in [3.63, 3.8) is 0 Å². The highest BCUT2D eigenvalue weighted by atomic mass is 19.4. The van der Waals surface area contributed by atoms with Crippen LogP contribution in [0.5, 0.6) is 11.5 Å². The molecule has 0 aliphatic heterocycles. The Bertz CT molecular complexity index is 913. The molecule has 2 unspecified atom stereocenters. The molecular weight excluding hydrogens is 379 g/mol. The molecular formula is C19H16F3NO5. The predicted molar refractivity (Wildman–Crippen MR) is 92.6 cm³/mol. The maximum absolute atomic E-state index is 12.6. The molecule has 28 heavy (non-hydrogen) atoms. The van der Waals surface area contributed by atoms with Gasteiger partial charge in [-0.2, -0.15) is 0 Å². The first-order chi connectivity index (χ1) is 13.2. The summed E-state index contributed by atoms with van der Waals surface area (Å²) in [6.45, 7) is 0. The molecule has 1 fully saturated rings. The lowest BCUT2D eigenvalue weighted by molar-refractivity contribution is -0.274. The van der Waals surface area contributed by atoms with Gasteiger partial charge in [0.05, 0.1) is 18.4 Å². The number of carboxylic acids is 1. The number of rotatable bonds is 6. The van der Waals surface area contributed by atoms with Crippen molar-refractivity contribution >= 4 is 17.6 Å². The van der Waals surface area contributed by atoms with Gasteiger partial charge in [0.25, 0.3) is 0 Å². The lowest BCUT2D eigenvalue weighted by atomic mass is 10.1. The van der Waals surface area contributed by atoms with Crippen LogP contribution in [-0.4, -0.2) is 30.5 Å². The third kappa shape index (κ3) is 4.36. The van der Waals surface area contributed by atoms with Crippen LogP contribution in [0, 0.1) is 5.92 Å². The normalized spacial score (nSPS) is 18.3. The zero-order valence-electron chi connectivity index (χ0n) is 14.6. The Hall–Kier alpha value is -3.23. The van der Waals surface area contributed by atoms with Crippen molar-refractivity contribution < 1.29 is 37.3 Å². The molecule has 0 spiro atoms. The number of aromatic carboxylic acids is 1. The second-order valence-corrected chi connectivity index (χ2v) is 6.24. The topological polar surface area (TPSA) is 84.9 Å². The van der Waals surface area contributed by atoms with Crippen molar-refractivity contribution in [2.45, 2.75) is 18.7 Å². The standard InChI is InChI=1S/C19H16F3NO5/c1-27-16-8-10(18(25)26)6-7-14(16)23-17(24)13-9-12(13)11-4-2-3-5-15(11)28-19(20,21)22/h2-8,12-13H,9H2,1H3,(H,23,24)(H,25,26). The van der Waals surface area contributed by atoms with Crippen LogP contribution in [0.3, 0.4) is 0 Å². The van der Waals surface area contributed by atoms with Gasteiger partial charge in [-0.1, -0.05) is 18.2 Å². The molecule has 2 N–H and O–H groups in total. The molecule has 2 atom stereocenters. The molecule has 3 rings (SSSR count). The van der Waals surface area contributed by atoms with E-state index in [1.165, 1.54) is 43.5 Å². The third-order valence-electron chi connectivity index (χ3n) is 4.38. The molecule has 0 heterocycles. The Morgan fingerprint density at radius 1 is 1.14 bits per heavy atom. The minimum absolute atomic E-state index is 0.00243. The van der Waals surface area contributed by atoms with E-state index in [4.69, 9.17) is 9.84 Å². The van der Waals surface area contributed by atoms with Crippen molar-refractivity contribution in [3.8, 4) is 11.5 Å². The number of amides is 1. The molecule has 0 radical (unpaired) electrons. The molecule has 2 aromatic carbocycles. The fourth-order valence-corrected chi connectivity index (χ4v) is 2.99. The second kappa shape index (κ2) is 7.41. The number of ether oxygens (including phenoxy) is 2. The second-order valence-electron chi connectivity index (χ2n) is 6.24. The lowest BCUT2D eigenvalue weighted by Crippen LogP contribution is -2.18. The third-order valence-corrected chi connectivity index (χ3v) is 4.38. The van der Waals surface area contributed by atoms with Gasteiger partial charge in [-0.25, -0.2) is 4.79 Å². The smallest absolute Gasteiger partial charge is 0.495 e. The molecule has 0 saturated heterocycles. The van der Waals surface area contributed by atoms with Crippen molar-refractivity contribution in [1.82, 2.24) is 0 Å². The average molecular weight is 395 g/mol. The van der Waals surface area contributed by atoms with Crippen LogP contribution in [0.15, 0.2) is 42.5 Å². The first-order valence-corrected chi connectivity index (χ1v) is 8.26. The number of hydrogen-bond acceptors (Lipinski definition) is 4. The molecule has 1 saturated carbocycles. The van der Waals surface area contributed by atoms with Crippen LogP contribution in [0.25, 0.3) is 0 Å². The molecule has 9 heteroatoms. The highest BCUT2D eigenvalue weighted by molar-refractivity contribution is 5.97. The molecule has 0 bridgehead atoms. The van der Waals surface area contributed by atoms with Gasteiger partial charge >= 0.3 is 12.3 Å². The van der Waals surface area contributed by atoms with Gasteiger partial charge in [0.2, 0.25) is 5.91 Å². The minimum Gasteiger partial charge on any atom is -0.495 e. The zero-order valence-corrected chi connectivity index (χ0v) is 14.6. The van der Waals surface area contributed by atoms with Crippen LogP contribution >= 0.6 is 0 Å². The van der Waals surface area contributed by atoms with E-state index in [1.807, 2.05) is 0 Å². The predicted octanol–water partition coefficient (Wildman–Crippen LogP) is 4.03. The first-order valence-electron chi connectivity index (χ1n) is 8.26. The van der Waals surface area contributed by atoms with Gasteiger partial charge < -0.3 is 19.9 Å². The largest absolute Gasteiger partial charge is 0.573 e. The van der Waals surface area contributed by atoms with E-state index in [-0.39, 0.29) is 22.7 Å². The van der Waals surface area contributed by atoms with E-state index in [2.05, 4.69) is 10.1 Å². The molecule has 1 aliphatic rings. The number of para-hydroxylation sites is 1. The summed E-state index contributed by atoms with van der Waals surface area (Å²) in [5.74, 6) is -2.61. The van der Waals surface area contributed by atoms with E-state index >= 15 is 0 Å². The number of alkyl halides is 3. The summed E-state index contributed by atoms with van der Waals surface area (Å²) in [6, 6.07) is 9.71. The van der Waals surface area contributed by atoms with Crippen molar-refractivity contribution in [3.05, 3.63) is 53.6 Å². The summed E-state index contributed by atoms with van der Waals surface area (Å²) in [4.78, 5) is 23.5. The van der Waals surface area contributed by atoms with E-state index in [0.29, 0.717) is 12.0 Å². The van der Waals surface area contributed by atoms with Gasteiger partial charge in [0, 0.05) is 5.92 Å². The number of benzene rings is 2. The van der Waals surface area contributed by atoms with E-state index in [9.17, 15) is 22.8 Å². The van der Waals surface area contributed by atoms with Crippen LogP contribution in [-0.2, 0) is 4.79 Å². The van der Waals surface area contributed by atoms with Gasteiger partial charge in [0.15, 0.2) is 0 Å². The maximum atomic E-state index is 12.6. The summed E-state index contributed by atoms with van der Waals surface area (Å²) in [6.07, 6.45) is -4.44. The van der Waals surface area contributed by atoms with Crippen LogP contribution in [0.1, 0.15) is 28.3 Å². The molecule has 1 aliphatic carbocycles. The number of methoxy groups -OCH3 is 1. The number of carbonyl (C=O) groups excluding carboxylic acids is 1. The maximum Gasteiger partial charge on any atom is 0.573 e. The Morgan fingerprint density at radius 3 is 2.50 bits per heavy atom. The fraction of sp³-hybridized carbons (Fsp3) is 0.263. The Kier molecular flexibility index (Phi) is 5.17. The summed E-state index contributed by atoms with van der Waals surface area (Å²) < 4.78 is 46.8. The summed E-state index contributed by atoms with van der Waals surface area (Å²) in [7, 11) is 1.33. The van der Waals surface area contributed by atoms with E-state index in [0.717, 1.165) is 0 Å². The number of halogens is 3. The Labute approximate surface area is 157 Å². The fourth-order valence-electron chi connectivity index (χ4n) is 2.99. The average Bonchev–Trinajstić information content (AvgIpc) is 3.41. The SMILES string of the molecule is COc1cc(C(=O)O)ccc1NC(=O)C1CC1c1ccccc1OC(F)(F)F. The zero-order chi connectivity index (χ0) is 20.5. The minimum atomic E-state index is -4.82. The molecule has 148 valence electrons. The van der Waals surface area contributed by atoms with Gasteiger partial charge in [-0.15, -0.1) is 13.2 Å². The van der Waals surface area contributed by atoms with Crippen molar-refractivity contribution in [2.75, 3.05) is 12.4 Å². The van der Waals surface area contributed by atoms with Gasteiger partial charge in [0.1, 0.15) is 11.5 Å². The Balaban J connectivity index is 1.73. The lowest BCUT2D eigenvalue weighted by Gasteiger charge is -2.13. The first kappa shape index (κ1) is 19.5. The molecule has 6 nitrogen and oxygen atoms in total. The number of hydrogen-bond donors (Lipinski definition) is 2. The monoisotopic (exact) mass is 395 g/mol. The highest BCUT2D eigenvalue weighted by Gasteiger charge is 2.46. The quantitative estimate of drug-likeness (QED) is 0.771.